The van der Waals surface area contributed by atoms with Crippen LogP contribution in [0.4, 0.5) is 0 Å². The summed E-state index contributed by atoms with van der Waals surface area (Å²) in [5.41, 5.74) is 2.38. The highest BCUT2D eigenvalue weighted by Gasteiger charge is 2.25. The summed E-state index contributed by atoms with van der Waals surface area (Å²) in [5, 5.41) is 4.35. The minimum atomic E-state index is 0. The number of nitrogens with one attached hydrogen (secondary N) is 1. The largest absolute Gasteiger partial charge is 0.493 e. The van der Waals surface area contributed by atoms with E-state index in [9.17, 15) is 0 Å². The number of ether oxygens (including phenoxy) is 2. The van der Waals surface area contributed by atoms with E-state index >= 15 is 0 Å². The molecule has 0 bridgehead atoms. The standard InChI is InChI=1S/C23H31BrClNO2.ClH/c1-22(2,3)15-23(4,5)26-13-16-11-18(24)21(20(12-16)27-6)28-14-17-9-7-8-10-19(17)25;/h7-12,26H,13-15H2,1-6H3;1H. The monoisotopic (exact) mass is 503 g/mol. The average molecular weight is 505 g/mol. The average Bonchev–Trinajstić information content (AvgIpc) is 2.58. The van der Waals surface area contributed by atoms with E-state index in [0.29, 0.717) is 23.1 Å². The summed E-state index contributed by atoms with van der Waals surface area (Å²) >= 11 is 9.86. The predicted molar refractivity (Wildman–Crippen MR) is 129 cm³/mol. The van der Waals surface area contributed by atoms with E-state index < -0.39 is 0 Å². The third-order valence-electron chi connectivity index (χ3n) is 4.36. The van der Waals surface area contributed by atoms with Crippen LogP contribution in [0.15, 0.2) is 40.9 Å². The van der Waals surface area contributed by atoms with Crippen molar-refractivity contribution in [3.8, 4) is 11.5 Å². The maximum atomic E-state index is 6.23. The quantitative estimate of drug-likeness (QED) is 0.405. The summed E-state index contributed by atoms with van der Waals surface area (Å²) in [6.07, 6.45) is 1.08. The van der Waals surface area contributed by atoms with Crippen molar-refractivity contribution in [2.75, 3.05) is 7.11 Å². The lowest BCUT2D eigenvalue weighted by Gasteiger charge is -2.33. The topological polar surface area (TPSA) is 30.5 Å². The van der Waals surface area contributed by atoms with Gasteiger partial charge < -0.3 is 14.8 Å². The minimum Gasteiger partial charge on any atom is -0.493 e. The Morgan fingerprint density at radius 1 is 1.07 bits per heavy atom. The molecule has 2 rings (SSSR count). The summed E-state index contributed by atoms with van der Waals surface area (Å²) in [6, 6.07) is 11.8. The Labute approximate surface area is 195 Å². The molecule has 0 radical (unpaired) electrons. The molecule has 2 aromatic rings. The Morgan fingerprint density at radius 3 is 2.31 bits per heavy atom. The van der Waals surface area contributed by atoms with Gasteiger partial charge in [-0.1, -0.05) is 50.6 Å². The van der Waals surface area contributed by atoms with E-state index in [1.54, 1.807) is 7.11 Å². The Hall–Kier alpha value is -0.940. The zero-order chi connectivity index (χ0) is 20.9. The van der Waals surface area contributed by atoms with Gasteiger partial charge >= 0.3 is 0 Å². The second-order valence-electron chi connectivity index (χ2n) is 8.96. The maximum absolute atomic E-state index is 6.23. The van der Waals surface area contributed by atoms with Crippen molar-refractivity contribution in [1.82, 2.24) is 5.32 Å². The van der Waals surface area contributed by atoms with Crippen molar-refractivity contribution in [3.63, 3.8) is 0 Å². The summed E-state index contributed by atoms with van der Waals surface area (Å²) in [6.45, 7) is 12.4. The van der Waals surface area contributed by atoms with Gasteiger partial charge in [-0.3, -0.25) is 0 Å². The normalized spacial score (nSPS) is 11.7. The van der Waals surface area contributed by atoms with E-state index in [1.807, 2.05) is 30.3 Å². The molecule has 0 aliphatic carbocycles. The van der Waals surface area contributed by atoms with Gasteiger partial charge in [-0.25, -0.2) is 0 Å². The Bertz CT molecular complexity index is 804. The van der Waals surface area contributed by atoms with Gasteiger partial charge in [0.05, 0.1) is 11.6 Å². The SMILES string of the molecule is COc1cc(CNC(C)(C)CC(C)(C)C)cc(Br)c1OCc1ccccc1Cl.Cl. The molecule has 0 unspecified atom stereocenters. The first-order valence-electron chi connectivity index (χ1n) is 9.48. The van der Waals surface area contributed by atoms with Crippen LogP contribution in [-0.2, 0) is 13.2 Å². The fourth-order valence-corrected chi connectivity index (χ4v) is 4.30. The van der Waals surface area contributed by atoms with Gasteiger partial charge in [0.15, 0.2) is 11.5 Å². The first-order valence-corrected chi connectivity index (χ1v) is 10.7. The fourth-order valence-electron chi connectivity index (χ4n) is 3.51. The van der Waals surface area contributed by atoms with Gasteiger partial charge in [-0.2, -0.15) is 0 Å². The molecule has 162 valence electrons. The smallest absolute Gasteiger partial charge is 0.175 e. The molecule has 0 atom stereocenters. The van der Waals surface area contributed by atoms with Crippen LogP contribution >= 0.6 is 39.9 Å². The van der Waals surface area contributed by atoms with Gasteiger partial charge in [0, 0.05) is 22.7 Å². The predicted octanol–water partition coefficient (Wildman–Crippen LogP) is 7.42. The van der Waals surface area contributed by atoms with E-state index in [-0.39, 0.29) is 23.4 Å². The first kappa shape index (κ1) is 26.1. The molecule has 3 nitrogen and oxygen atoms in total. The number of methoxy groups -OCH3 is 1. The second kappa shape index (κ2) is 10.9. The van der Waals surface area contributed by atoms with Crippen molar-refractivity contribution in [3.05, 3.63) is 57.0 Å². The van der Waals surface area contributed by atoms with Crippen molar-refractivity contribution in [2.24, 2.45) is 5.41 Å². The maximum Gasteiger partial charge on any atom is 0.175 e. The van der Waals surface area contributed by atoms with E-state index in [1.165, 1.54) is 0 Å². The molecule has 0 amide bonds. The molecule has 0 saturated heterocycles. The molecule has 1 N–H and O–H groups in total. The van der Waals surface area contributed by atoms with Gasteiger partial charge in [-0.05, 0) is 65.4 Å². The molecule has 6 heteroatoms. The van der Waals surface area contributed by atoms with E-state index in [0.717, 1.165) is 28.6 Å². The summed E-state index contributed by atoms with van der Waals surface area (Å²) in [4.78, 5) is 0. The lowest BCUT2D eigenvalue weighted by atomic mass is 9.82. The molecule has 29 heavy (non-hydrogen) atoms. The molecule has 0 aromatic heterocycles. The van der Waals surface area contributed by atoms with Crippen molar-refractivity contribution in [1.29, 1.82) is 0 Å². The summed E-state index contributed by atoms with van der Waals surface area (Å²) < 4.78 is 12.5. The lowest BCUT2D eigenvalue weighted by Crippen LogP contribution is -2.41. The highest BCUT2D eigenvalue weighted by molar-refractivity contribution is 9.10. The Morgan fingerprint density at radius 2 is 1.72 bits per heavy atom. The zero-order valence-electron chi connectivity index (χ0n) is 18.1. The van der Waals surface area contributed by atoms with Crippen LogP contribution in [0.5, 0.6) is 11.5 Å². The van der Waals surface area contributed by atoms with Crippen LogP contribution in [0, 0.1) is 5.41 Å². The van der Waals surface area contributed by atoms with Gasteiger partial charge in [0.25, 0.3) is 0 Å². The van der Waals surface area contributed by atoms with E-state index in [2.05, 4.69) is 61.9 Å². The third kappa shape index (κ3) is 8.37. The highest BCUT2D eigenvalue weighted by atomic mass is 79.9. The highest BCUT2D eigenvalue weighted by Crippen LogP contribution is 2.38. The van der Waals surface area contributed by atoms with Crippen LogP contribution in [-0.4, -0.2) is 12.6 Å². The number of hydrogen-bond donors (Lipinski definition) is 1. The number of halogens is 3. The second-order valence-corrected chi connectivity index (χ2v) is 10.2. The van der Waals surface area contributed by atoms with E-state index in [4.69, 9.17) is 21.1 Å². The molecule has 2 aromatic carbocycles. The molecule has 0 spiro atoms. The molecule has 0 heterocycles. The molecule has 0 fully saturated rings. The van der Waals surface area contributed by atoms with Crippen LogP contribution in [0.3, 0.4) is 0 Å². The molecule has 0 saturated carbocycles. The Kier molecular flexibility index (Phi) is 9.81. The summed E-state index contributed by atoms with van der Waals surface area (Å²) in [5.74, 6) is 1.38. The minimum absolute atomic E-state index is 0. The van der Waals surface area contributed by atoms with Crippen molar-refractivity contribution < 1.29 is 9.47 Å². The zero-order valence-corrected chi connectivity index (χ0v) is 21.2. The molecular formula is C23H32BrCl2NO2. The lowest BCUT2D eigenvalue weighted by molar-refractivity contribution is 0.240. The summed E-state index contributed by atoms with van der Waals surface area (Å²) in [7, 11) is 1.66. The molecule has 0 aliphatic heterocycles. The van der Waals surface area contributed by atoms with Gasteiger partial charge in [-0.15, -0.1) is 12.4 Å². The first-order chi connectivity index (χ1) is 13.0. The van der Waals surface area contributed by atoms with Crippen molar-refractivity contribution >= 4 is 39.9 Å². The van der Waals surface area contributed by atoms with Crippen LogP contribution in [0.1, 0.15) is 52.2 Å². The fraction of sp³-hybridized carbons (Fsp3) is 0.478. The number of hydrogen-bond acceptors (Lipinski definition) is 3. The van der Waals surface area contributed by atoms with Crippen molar-refractivity contribution in [2.45, 2.75) is 59.7 Å². The number of rotatable bonds is 8. The van der Waals surface area contributed by atoms with Crippen LogP contribution in [0.25, 0.3) is 0 Å². The molecule has 0 aliphatic rings. The van der Waals surface area contributed by atoms with Crippen LogP contribution in [0.2, 0.25) is 5.02 Å². The van der Waals surface area contributed by atoms with Gasteiger partial charge in [0.2, 0.25) is 0 Å². The van der Waals surface area contributed by atoms with Gasteiger partial charge in [0.1, 0.15) is 6.61 Å². The number of benzene rings is 2. The molecular weight excluding hydrogens is 473 g/mol. The van der Waals surface area contributed by atoms with Crippen LogP contribution < -0.4 is 14.8 Å². The third-order valence-corrected chi connectivity index (χ3v) is 5.32. The Balaban J connectivity index is 0.00000420.